The molecule has 0 spiro atoms. The lowest BCUT2D eigenvalue weighted by Gasteiger charge is -2.35. The van der Waals surface area contributed by atoms with Gasteiger partial charge in [-0.05, 0) is 49.4 Å². The van der Waals surface area contributed by atoms with Crippen LogP contribution in [0.3, 0.4) is 0 Å². The lowest BCUT2D eigenvalue weighted by Crippen LogP contribution is -2.50. The minimum Gasteiger partial charge on any atom is -0.497 e. The number of ether oxygens (including phenoxy) is 1. The van der Waals surface area contributed by atoms with Gasteiger partial charge in [-0.1, -0.05) is 30.3 Å². The molecule has 2 heterocycles. The van der Waals surface area contributed by atoms with Crippen LogP contribution in [0.25, 0.3) is 11.0 Å². The summed E-state index contributed by atoms with van der Waals surface area (Å²) < 4.78 is 10.7. The molecule has 2 aromatic carbocycles. The van der Waals surface area contributed by atoms with Crippen molar-refractivity contribution in [2.24, 2.45) is 0 Å². The van der Waals surface area contributed by atoms with Gasteiger partial charge in [0.05, 0.1) is 7.11 Å². The SMILES string of the molecule is COc1ccc2c(C)c(CCC(=O)N3CCN(C(=O)CCCc4ccccc4)CC3)c(=O)oc2c1. The molecule has 35 heavy (non-hydrogen) atoms. The molecule has 0 unspecified atom stereocenters. The predicted molar refractivity (Wildman–Crippen MR) is 135 cm³/mol. The van der Waals surface area contributed by atoms with Crippen molar-refractivity contribution in [2.75, 3.05) is 33.3 Å². The average Bonchev–Trinajstić information content (AvgIpc) is 2.88. The van der Waals surface area contributed by atoms with Gasteiger partial charge < -0.3 is 19.0 Å². The predicted octanol–water partition coefficient (Wildman–Crippen LogP) is 3.74. The second kappa shape index (κ2) is 11.2. The topological polar surface area (TPSA) is 80.1 Å². The zero-order chi connectivity index (χ0) is 24.8. The molecule has 1 aliphatic heterocycles. The smallest absolute Gasteiger partial charge is 0.339 e. The van der Waals surface area contributed by atoms with E-state index >= 15 is 0 Å². The maximum absolute atomic E-state index is 12.8. The standard InChI is InChI=1S/C28H32N2O5/c1-20-23-12-11-22(34-2)19-25(23)35-28(33)24(20)13-14-27(32)30-17-15-29(16-18-30)26(31)10-6-9-21-7-4-3-5-8-21/h3-5,7-8,11-12,19H,6,9-10,13-18H2,1-2H3. The highest BCUT2D eigenvalue weighted by Crippen LogP contribution is 2.24. The van der Waals surface area contributed by atoms with E-state index in [1.807, 2.05) is 42.2 Å². The van der Waals surface area contributed by atoms with Crippen molar-refractivity contribution < 1.29 is 18.7 Å². The maximum atomic E-state index is 12.8. The number of carbonyl (C=O) groups is 2. The number of nitrogens with zero attached hydrogens (tertiary/aromatic N) is 2. The third kappa shape index (κ3) is 5.91. The lowest BCUT2D eigenvalue weighted by atomic mass is 10.0. The zero-order valence-electron chi connectivity index (χ0n) is 20.4. The molecule has 1 aliphatic rings. The van der Waals surface area contributed by atoms with Gasteiger partial charge in [0.2, 0.25) is 11.8 Å². The van der Waals surface area contributed by atoms with Crippen molar-refractivity contribution >= 4 is 22.8 Å². The summed E-state index contributed by atoms with van der Waals surface area (Å²) in [6, 6.07) is 15.6. The van der Waals surface area contributed by atoms with Crippen LogP contribution in [-0.4, -0.2) is 54.9 Å². The number of benzene rings is 2. The molecule has 0 N–H and O–H groups in total. The molecule has 184 valence electrons. The summed E-state index contributed by atoms with van der Waals surface area (Å²) in [5.41, 5.74) is 2.67. The van der Waals surface area contributed by atoms with Crippen molar-refractivity contribution in [3.63, 3.8) is 0 Å². The number of hydrogen-bond acceptors (Lipinski definition) is 5. The van der Waals surface area contributed by atoms with Crippen LogP contribution in [0.1, 0.15) is 36.0 Å². The maximum Gasteiger partial charge on any atom is 0.339 e. The quantitative estimate of drug-likeness (QED) is 0.463. The van der Waals surface area contributed by atoms with Crippen LogP contribution in [0.15, 0.2) is 57.7 Å². The number of hydrogen-bond donors (Lipinski definition) is 0. The van der Waals surface area contributed by atoms with E-state index in [0.29, 0.717) is 55.9 Å². The Hall–Kier alpha value is -3.61. The van der Waals surface area contributed by atoms with Crippen molar-refractivity contribution in [3.05, 3.63) is 75.6 Å². The molecule has 4 rings (SSSR count). The van der Waals surface area contributed by atoms with Gasteiger partial charge >= 0.3 is 5.63 Å². The van der Waals surface area contributed by atoms with Gasteiger partial charge in [0, 0.05) is 56.0 Å². The second-order valence-electron chi connectivity index (χ2n) is 8.96. The van der Waals surface area contributed by atoms with E-state index in [0.717, 1.165) is 23.8 Å². The first kappa shape index (κ1) is 24.5. The summed E-state index contributed by atoms with van der Waals surface area (Å²) in [6.45, 7) is 4.03. The first-order valence-electron chi connectivity index (χ1n) is 12.2. The normalized spacial score (nSPS) is 13.8. The van der Waals surface area contributed by atoms with Crippen LogP contribution in [-0.2, 0) is 22.4 Å². The van der Waals surface area contributed by atoms with Gasteiger partial charge in [0.1, 0.15) is 11.3 Å². The molecule has 0 atom stereocenters. The summed E-state index contributed by atoms with van der Waals surface area (Å²) in [7, 11) is 1.56. The van der Waals surface area contributed by atoms with Crippen molar-refractivity contribution in [1.82, 2.24) is 9.80 Å². The number of methoxy groups -OCH3 is 1. The van der Waals surface area contributed by atoms with Crippen LogP contribution in [0.2, 0.25) is 0 Å². The van der Waals surface area contributed by atoms with E-state index in [1.54, 1.807) is 18.1 Å². The van der Waals surface area contributed by atoms with Crippen LogP contribution < -0.4 is 10.4 Å². The number of piperazine rings is 1. The second-order valence-corrected chi connectivity index (χ2v) is 8.96. The molecule has 7 nitrogen and oxygen atoms in total. The van der Waals surface area contributed by atoms with Gasteiger partial charge in [-0.15, -0.1) is 0 Å². The molecule has 1 fully saturated rings. The van der Waals surface area contributed by atoms with E-state index < -0.39 is 5.63 Å². The number of aryl methyl sites for hydroxylation is 2. The van der Waals surface area contributed by atoms with Crippen molar-refractivity contribution in [2.45, 2.75) is 39.0 Å². The van der Waals surface area contributed by atoms with E-state index in [-0.39, 0.29) is 18.2 Å². The summed E-state index contributed by atoms with van der Waals surface area (Å²) in [4.78, 5) is 41.6. The Bertz CT molecular complexity index is 1240. The molecule has 0 aliphatic carbocycles. The van der Waals surface area contributed by atoms with E-state index in [9.17, 15) is 14.4 Å². The molecular weight excluding hydrogens is 444 g/mol. The Labute approximate surface area is 205 Å². The van der Waals surface area contributed by atoms with E-state index in [1.165, 1.54) is 5.56 Å². The molecule has 3 aromatic rings. The van der Waals surface area contributed by atoms with Crippen molar-refractivity contribution in [1.29, 1.82) is 0 Å². The van der Waals surface area contributed by atoms with Gasteiger partial charge in [-0.2, -0.15) is 0 Å². The van der Waals surface area contributed by atoms with Crippen LogP contribution in [0.4, 0.5) is 0 Å². The molecule has 1 saturated heterocycles. The van der Waals surface area contributed by atoms with Gasteiger partial charge in [0.25, 0.3) is 0 Å². The van der Waals surface area contributed by atoms with Gasteiger partial charge in [-0.3, -0.25) is 9.59 Å². The fourth-order valence-corrected chi connectivity index (χ4v) is 4.63. The van der Waals surface area contributed by atoms with Gasteiger partial charge in [0.15, 0.2) is 0 Å². The monoisotopic (exact) mass is 476 g/mol. The molecule has 2 amide bonds. The highest BCUT2D eigenvalue weighted by atomic mass is 16.5. The highest BCUT2D eigenvalue weighted by Gasteiger charge is 2.24. The molecule has 0 bridgehead atoms. The fraction of sp³-hybridized carbons (Fsp3) is 0.393. The van der Waals surface area contributed by atoms with Crippen LogP contribution in [0, 0.1) is 6.92 Å². The minimum absolute atomic E-state index is 0.00481. The Kier molecular flexibility index (Phi) is 7.85. The van der Waals surface area contributed by atoms with Crippen LogP contribution >= 0.6 is 0 Å². The third-order valence-electron chi connectivity index (χ3n) is 6.77. The summed E-state index contributed by atoms with van der Waals surface area (Å²) >= 11 is 0. The van der Waals surface area contributed by atoms with Crippen molar-refractivity contribution in [3.8, 4) is 5.75 Å². The number of amides is 2. The first-order valence-corrected chi connectivity index (χ1v) is 12.2. The summed E-state index contributed by atoms with van der Waals surface area (Å²) in [5.74, 6) is 0.764. The molecule has 7 heteroatoms. The number of rotatable bonds is 8. The van der Waals surface area contributed by atoms with Gasteiger partial charge in [-0.25, -0.2) is 4.79 Å². The van der Waals surface area contributed by atoms with E-state index in [2.05, 4.69) is 12.1 Å². The Balaban J connectivity index is 1.26. The largest absolute Gasteiger partial charge is 0.497 e. The Morgan fingerprint density at radius 2 is 1.57 bits per heavy atom. The Morgan fingerprint density at radius 3 is 2.23 bits per heavy atom. The minimum atomic E-state index is -0.415. The average molecular weight is 477 g/mol. The fourth-order valence-electron chi connectivity index (χ4n) is 4.63. The lowest BCUT2D eigenvalue weighted by molar-refractivity contribution is -0.139. The van der Waals surface area contributed by atoms with Crippen LogP contribution in [0.5, 0.6) is 5.75 Å². The first-order chi connectivity index (χ1) is 17.0. The Morgan fingerprint density at radius 1 is 0.914 bits per heavy atom. The highest BCUT2D eigenvalue weighted by molar-refractivity contribution is 5.83. The summed E-state index contributed by atoms with van der Waals surface area (Å²) in [5, 5.41) is 0.840. The summed E-state index contributed by atoms with van der Waals surface area (Å²) in [6.07, 6.45) is 2.79. The zero-order valence-corrected chi connectivity index (χ0v) is 20.4. The number of fused-ring (bicyclic) bond motifs is 1. The molecule has 0 saturated carbocycles. The third-order valence-corrected chi connectivity index (χ3v) is 6.77. The molecule has 0 radical (unpaired) electrons. The molecule has 1 aromatic heterocycles. The number of carbonyl (C=O) groups excluding carboxylic acids is 2. The van der Waals surface area contributed by atoms with E-state index in [4.69, 9.17) is 9.15 Å². The molecular formula is C28H32N2O5.